The van der Waals surface area contributed by atoms with Gasteiger partial charge in [0.15, 0.2) is 0 Å². The molecular formula is C28H22ClFIO2-. The highest BCUT2D eigenvalue weighted by molar-refractivity contribution is 6.32. The average Bonchev–Trinajstić information content (AvgIpc) is 3.20. The van der Waals surface area contributed by atoms with Crippen LogP contribution in [0.3, 0.4) is 0 Å². The molecule has 0 bridgehead atoms. The van der Waals surface area contributed by atoms with Crippen molar-refractivity contribution in [3.63, 3.8) is 0 Å². The van der Waals surface area contributed by atoms with E-state index in [4.69, 9.17) is 16.7 Å². The summed E-state index contributed by atoms with van der Waals surface area (Å²) in [5.41, 5.74) is 8.39. The Morgan fingerprint density at radius 3 is 2.45 bits per heavy atom. The van der Waals surface area contributed by atoms with Crippen LogP contribution < -0.4 is 24.0 Å². The van der Waals surface area contributed by atoms with E-state index < -0.39 is 5.97 Å². The summed E-state index contributed by atoms with van der Waals surface area (Å²) in [6, 6.07) is 20.6. The maximum absolute atomic E-state index is 13.7. The van der Waals surface area contributed by atoms with Gasteiger partial charge in [-0.2, -0.15) is 0 Å². The number of allylic oxidation sites excluding steroid dienone is 3. The Kier molecular flexibility index (Phi) is 8.27. The highest BCUT2D eigenvalue weighted by Gasteiger charge is 2.21. The van der Waals surface area contributed by atoms with Crippen molar-refractivity contribution in [3.05, 3.63) is 117 Å². The van der Waals surface area contributed by atoms with Gasteiger partial charge in [-0.3, -0.25) is 0 Å². The molecule has 1 N–H and O–H groups in total. The molecule has 0 radical (unpaired) electrons. The van der Waals surface area contributed by atoms with E-state index in [0.717, 1.165) is 46.8 Å². The van der Waals surface area contributed by atoms with Crippen LogP contribution in [-0.4, -0.2) is 11.1 Å². The lowest BCUT2D eigenvalue weighted by Crippen LogP contribution is -3.00. The number of hydrogen-bond acceptors (Lipinski definition) is 1. The third kappa shape index (κ3) is 5.63. The third-order valence-corrected chi connectivity index (χ3v) is 5.93. The second-order valence-electron chi connectivity index (χ2n) is 7.67. The van der Waals surface area contributed by atoms with Crippen molar-refractivity contribution in [1.82, 2.24) is 0 Å². The second kappa shape index (κ2) is 10.9. The van der Waals surface area contributed by atoms with Crippen molar-refractivity contribution in [2.75, 3.05) is 0 Å². The number of fused-ring (bicyclic) bond motifs is 1. The number of aliphatic carboxylic acids is 1. The zero-order chi connectivity index (χ0) is 22.7. The molecule has 0 fully saturated rings. The van der Waals surface area contributed by atoms with Crippen LogP contribution in [0.15, 0.2) is 78.4 Å². The minimum atomic E-state index is -0.984. The van der Waals surface area contributed by atoms with E-state index in [1.807, 2.05) is 36.4 Å². The Hall–Kier alpha value is -2.70. The summed E-state index contributed by atoms with van der Waals surface area (Å²) in [6.07, 6.45) is 6.41. The largest absolute Gasteiger partial charge is 1.00 e. The first-order valence-corrected chi connectivity index (χ1v) is 10.8. The molecule has 3 aromatic rings. The fraction of sp³-hybridized carbons (Fsp3) is 0.107. The van der Waals surface area contributed by atoms with E-state index in [9.17, 15) is 9.18 Å². The van der Waals surface area contributed by atoms with Crippen molar-refractivity contribution in [2.24, 2.45) is 0 Å². The molecule has 0 aliphatic heterocycles. The highest BCUT2D eigenvalue weighted by Crippen LogP contribution is 2.41. The van der Waals surface area contributed by atoms with Crippen molar-refractivity contribution in [2.45, 2.75) is 19.8 Å². The van der Waals surface area contributed by atoms with Gasteiger partial charge in [0, 0.05) is 6.08 Å². The lowest BCUT2D eigenvalue weighted by molar-refractivity contribution is -0.131. The summed E-state index contributed by atoms with van der Waals surface area (Å²) in [5, 5.41) is 9.27. The quantitative estimate of drug-likeness (QED) is 0.268. The van der Waals surface area contributed by atoms with Crippen LogP contribution >= 0.6 is 11.6 Å². The monoisotopic (exact) mass is 571 g/mol. The molecule has 1 aliphatic carbocycles. The third-order valence-electron chi connectivity index (χ3n) is 5.62. The smallest absolute Gasteiger partial charge is 0.328 e. The number of hydrogen-bond donors (Lipinski definition) is 1. The molecular weight excluding hydrogens is 550 g/mol. The van der Waals surface area contributed by atoms with Gasteiger partial charge in [-0.05, 0) is 75.6 Å². The van der Waals surface area contributed by atoms with Gasteiger partial charge in [-0.25, -0.2) is 9.18 Å². The summed E-state index contributed by atoms with van der Waals surface area (Å²) in [5.74, 6) is -1.35. The normalized spacial score (nSPS) is 13.2. The molecule has 0 spiro atoms. The predicted octanol–water partition coefficient (Wildman–Crippen LogP) is 4.54. The van der Waals surface area contributed by atoms with Crippen LogP contribution in [0.25, 0.3) is 23.3 Å². The van der Waals surface area contributed by atoms with Crippen molar-refractivity contribution < 1.29 is 38.3 Å². The van der Waals surface area contributed by atoms with Crippen LogP contribution in [0.4, 0.5) is 4.39 Å². The lowest BCUT2D eigenvalue weighted by Gasteiger charge is -2.18. The molecule has 33 heavy (non-hydrogen) atoms. The van der Waals surface area contributed by atoms with E-state index in [1.165, 1.54) is 28.8 Å². The Morgan fingerprint density at radius 2 is 1.82 bits per heavy atom. The van der Waals surface area contributed by atoms with E-state index in [1.54, 1.807) is 12.1 Å². The number of benzene rings is 3. The van der Waals surface area contributed by atoms with E-state index >= 15 is 0 Å². The molecule has 1 aliphatic rings. The Bertz CT molecular complexity index is 1270. The van der Waals surface area contributed by atoms with Crippen LogP contribution in [0, 0.1) is 5.82 Å². The van der Waals surface area contributed by atoms with E-state index in [2.05, 4.69) is 25.1 Å². The average molecular weight is 572 g/mol. The minimum absolute atomic E-state index is 0. The number of rotatable bonds is 6. The minimum Gasteiger partial charge on any atom is -1.00 e. The fourth-order valence-corrected chi connectivity index (χ4v) is 4.44. The maximum Gasteiger partial charge on any atom is 0.328 e. The van der Waals surface area contributed by atoms with Crippen molar-refractivity contribution in [1.29, 1.82) is 0 Å². The molecule has 3 aromatic carbocycles. The molecule has 2 nitrogen and oxygen atoms in total. The summed E-state index contributed by atoms with van der Waals surface area (Å²) in [7, 11) is 0. The Balaban J connectivity index is 0.00000306. The van der Waals surface area contributed by atoms with Crippen LogP contribution in [0.2, 0.25) is 5.02 Å². The van der Waals surface area contributed by atoms with Crippen LogP contribution in [0.5, 0.6) is 0 Å². The van der Waals surface area contributed by atoms with Gasteiger partial charge in [0.25, 0.3) is 0 Å². The second-order valence-corrected chi connectivity index (χ2v) is 8.08. The van der Waals surface area contributed by atoms with Gasteiger partial charge < -0.3 is 29.1 Å². The Morgan fingerprint density at radius 1 is 1.09 bits per heavy atom. The highest BCUT2D eigenvalue weighted by atomic mass is 127. The zero-order valence-electron chi connectivity index (χ0n) is 18.0. The summed E-state index contributed by atoms with van der Waals surface area (Å²) in [4.78, 5) is 10.8. The maximum atomic E-state index is 13.7. The Labute approximate surface area is 215 Å². The number of carbonyl (C=O) groups is 1. The first-order chi connectivity index (χ1) is 15.5. The molecule has 0 saturated carbocycles. The predicted molar refractivity (Wildman–Crippen MR) is 130 cm³/mol. The van der Waals surface area contributed by atoms with Gasteiger partial charge in [-0.15, -0.1) is 0 Å². The van der Waals surface area contributed by atoms with Crippen LogP contribution in [0.1, 0.15) is 41.2 Å². The summed E-state index contributed by atoms with van der Waals surface area (Å²) >= 11 is 6.47. The first kappa shape index (κ1) is 24.9. The lowest BCUT2D eigenvalue weighted by atomic mass is 9.87. The first-order valence-electron chi connectivity index (χ1n) is 10.4. The standard InChI is InChI=1S/C28H22ClFO2.HI/c1-2-24(25-13-12-23(30)17-26(25)29)28(22-15-20-5-3-4-6-21(20)16-22)19-10-7-18(8-11-19)9-14-27(31)32;/h3-15,17H,2,16H2,1H3,(H,31,32);1H/p-1/b14-9+,28-24+;. The van der Waals surface area contributed by atoms with Gasteiger partial charge in [0.1, 0.15) is 5.82 Å². The molecule has 0 amide bonds. The molecule has 5 heteroatoms. The number of carboxylic acid groups (broad SMARTS) is 1. The molecule has 0 atom stereocenters. The van der Waals surface area contributed by atoms with Crippen LogP contribution in [-0.2, 0) is 11.2 Å². The molecule has 4 rings (SSSR count). The topological polar surface area (TPSA) is 37.3 Å². The fourth-order valence-electron chi connectivity index (χ4n) is 4.16. The molecule has 0 unspecified atom stereocenters. The van der Waals surface area contributed by atoms with Gasteiger partial charge >= 0.3 is 5.97 Å². The van der Waals surface area contributed by atoms with Crippen molar-refractivity contribution in [3.8, 4) is 0 Å². The molecule has 0 saturated heterocycles. The summed E-state index contributed by atoms with van der Waals surface area (Å²) < 4.78 is 13.7. The molecule has 0 heterocycles. The van der Waals surface area contributed by atoms with Crippen molar-refractivity contribution >= 4 is 40.9 Å². The van der Waals surface area contributed by atoms with Gasteiger partial charge in [0.2, 0.25) is 0 Å². The van der Waals surface area contributed by atoms with Gasteiger partial charge in [0.05, 0.1) is 5.02 Å². The summed E-state index contributed by atoms with van der Waals surface area (Å²) in [6.45, 7) is 2.07. The van der Waals surface area contributed by atoms with Gasteiger partial charge in [-0.1, -0.05) is 79.2 Å². The number of halogens is 3. The number of carboxylic acids is 1. The van der Waals surface area contributed by atoms with E-state index in [-0.39, 0.29) is 29.8 Å². The molecule has 168 valence electrons. The zero-order valence-corrected chi connectivity index (χ0v) is 20.9. The SMILES string of the molecule is CC/C(=C(\C1=Cc2ccccc2C1)c1ccc(/C=C/C(=O)O)cc1)c1ccc(F)cc1Cl.[I-]. The van der Waals surface area contributed by atoms with E-state index in [0.29, 0.717) is 5.02 Å². The molecule has 0 aromatic heterocycles.